The SMILES string of the molecule is CCn1c(SC(C)C(=O)N2CCc3ccccc32)nnc1-c1ccc(OC)cc1. The number of ether oxygens (including phenoxy) is 1. The zero-order valence-electron chi connectivity index (χ0n) is 16.8. The molecule has 3 aromatic rings. The van der Waals surface area contributed by atoms with Gasteiger partial charge in [-0.3, -0.25) is 4.79 Å². The topological polar surface area (TPSA) is 60.2 Å². The quantitative estimate of drug-likeness (QED) is 0.576. The summed E-state index contributed by atoms with van der Waals surface area (Å²) in [6.45, 7) is 5.46. The third-order valence-electron chi connectivity index (χ3n) is 5.16. The van der Waals surface area contributed by atoms with Crippen molar-refractivity contribution in [2.24, 2.45) is 0 Å². The molecule has 1 amide bonds. The number of carbonyl (C=O) groups is 1. The molecule has 1 atom stereocenters. The van der Waals surface area contributed by atoms with E-state index in [4.69, 9.17) is 4.74 Å². The van der Waals surface area contributed by atoms with Gasteiger partial charge in [0, 0.05) is 24.3 Å². The fourth-order valence-corrected chi connectivity index (χ4v) is 4.58. The minimum absolute atomic E-state index is 0.108. The van der Waals surface area contributed by atoms with Gasteiger partial charge in [0.2, 0.25) is 5.91 Å². The summed E-state index contributed by atoms with van der Waals surface area (Å²) in [6.07, 6.45) is 0.909. The maximum absolute atomic E-state index is 13.1. The lowest BCUT2D eigenvalue weighted by Crippen LogP contribution is -2.35. The molecule has 0 saturated carbocycles. The third kappa shape index (κ3) is 3.74. The van der Waals surface area contributed by atoms with Crippen molar-refractivity contribution in [1.82, 2.24) is 14.8 Å². The van der Waals surface area contributed by atoms with Gasteiger partial charge in [-0.05, 0) is 56.2 Å². The Bertz CT molecular complexity index is 1020. The van der Waals surface area contributed by atoms with Crippen LogP contribution in [0.4, 0.5) is 5.69 Å². The first kappa shape index (κ1) is 19.5. The number of carbonyl (C=O) groups excluding carboxylic acids is 1. The van der Waals surface area contributed by atoms with Gasteiger partial charge in [0.05, 0.1) is 12.4 Å². The van der Waals surface area contributed by atoms with E-state index in [-0.39, 0.29) is 11.2 Å². The highest BCUT2D eigenvalue weighted by Gasteiger charge is 2.29. The van der Waals surface area contributed by atoms with E-state index in [1.807, 2.05) is 58.9 Å². The fourth-order valence-electron chi connectivity index (χ4n) is 3.61. The van der Waals surface area contributed by atoms with Crippen LogP contribution in [0.5, 0.6) is 5.75 Å². The molecule has 2 aromatic carbocycles. The summed E-state index contributed by atoms with van der Waals surface area (Å²) in [4.78, 5) is 15.0. The van der Waals surface area contributed by atoms with E-state index < -0.39 is 0 Å². The van der Waals surface area contributed by atoms with E-state index in [1.54, 1.807) is 7.11 Å². The third-order valence-corrected chi connectivity index (χ3v) is 6.23. The molecular formula is C22H24N4O2S. The minimum atomic E-state index is -0.251. The molecule has 0 spiro atoms. The maximum atomic E-state index is 13.1. The standard InChI is InChI=1S/C22H24N4O2S/c1-4-25-20(17-9-11-18(28-3)12-10-17)23-24-22(25)29-15(2)21(27)26-14-13-16-7-5-6-8-19(16)26/h5-12,15H,4,13-14H2,1-3H3. The van der Waals surface area contributed by atoms with Crippen LogP contribution in [-0.4, -0.2) is 39.6 Å². The molecule has 4 rings (SSSR count). The number of amides is 1. The van der Waals surface area contributed by atoms with Gasteiger partial charge in [-0.25, -0.2) is 0 Å². The van der Waals surface area contributed by atoms with Crippen molar-refractivity contribution >= 4 is 23.4 Å². The van der Waals surface area contributed by atoms with Gasteiger partial charge < -0.3 is 14.2 Å². The van der Waals surface area contributed by atoms with Crippen LogP contribution in [0.15, 0.2) is 53.7 Å². The first-order chi connectivity index (χ1) is 14.1. The van der Waals surface area contributed by atoms with Crippen LogP contribution in [0.1, 0.15) is 19.4 Å². The number of rotatable bonds is 6. The molecular weight excluding hydrogens is 384 g/mol. The second-order valence-electron chi connectivity index (χ2n) is 6.91. The second-order valence-corrected chi connectivity index (χ2v) is 8.22. The Labute approximate surface area is 174 Å². The molecule has 6 nitrogen and oxygen atoms in total. The van der Waals surface area contributed by atoms with Crippen molar-refractivity contribution in [2.45, 2.75) is 37.2 Å². The molecule has 0 radical (unpaired) electrons. The van der Waals surface area contributed by atoms with Crippen LogP contribution >= 0.6 is 11.8 Å². The van der Waals surface area contributed by atoms with Gasteiger partial charge in [0.15, 0.2) is 11.0 Å². The molecule has 1 unspecified atom stereocenters. The van der Waals surface area contributed by atoms with Gasteiger partial charge in [-0.1, -0.05) is 30.0 Å². The number of aromatic nitrogens is 3. The zero-order valence-corrected chi connectivity index (χ0v) is 17.6. The molecule has 150 valence electrons. The van der Waals surface area contributed by atoms with Crippen molar-refractivity contribution < 1.29 is 9.53 Å². The summed E-state index contributed by atoms with van der Waals surface area (Å²) in [5.41, 5.74) is 3.23. The largest absolute Gasteiger partial charge is 0.497 e. The van der Waals surface area contributed by atoms with Crippen molar-refractivity contribution in [1.29, 1.82) is 0 Å². The number of thioether (sulfide) groups is 1. The van der Waals surface area contributed by atoms with Crippen molar-refractivity contribution in [3.05, 3.63) is 54.1 Å². The normalized spacial score (nSPS) is 14.0. The molecule has 0 bridgehead atoms. The lowest BCUT2D eigenvalue weighted by atomic mass is 10.2. The summed E-state index contributed by atoms with van der Waals surface area (Å²) < 4.78 is 7.28. The highest BCUT2D eigenvalue weighted by Crippen LogP contribution is 2.32. The summed E-state index contributed by atoms with van der Waals surface area (Å²) in [5.74, 6) is 1.71. The molecule has 1 aliphatic heterocycles. The van der Waals surface area contributed by atoms with Crippen LogP contribution in [0.3, 0.4) is 0 Å². The maximum Gasteiger partial charge on any atom is 0.240 e. The smallest absolute Gasteiger partial charge is 0.240 e. The van der Waals surface area contributed by atoms with E-state index in [0.29, 0.717) is 0 Å². The molecule has 1 aromatic heterocycles. The number of para-hydroxylation sites is 1. The second kappa shape index (κ2) is 8.29. The molecule has 7 heteroatoms. The van der Waals surface area contributed by atoms with Crippen molar-refractivity contribution in [3.63, 3.8) is 0 Å². The highest BCUT2D eigenvalue weighted by molar-refractivity contribution is 8.00. The van der Waals surface area contributed by atoms with Crippen molar-refractivity contribution in [2.75, 3.05) is 18.6 Å². The predicted octanol–water partition coefficient (Wildman–Crippen LogP) is 4.04. The molecule has 0 saturated heterocycles. The number of nitrogens with zero attached hydrogens (tertiary/aromatic N) is 4. The fraction of sp³-hybridized carbons (Fsp3) is 0.318. The number of hydrogen-bond donors (Lipinski definition) is 0. The molecule has 0 N–H and O–H groups in total. The number of benzene rings is 2. The lowest BCUT2D eigenvalue weighted by molar-refractivity contribution is -0.117. The summed E-state index contributed by atoms with van der Waals surface area (Å²) in [7, 11) is 1.65. The van der Waals surface area contributed by atoms with Gasteiger partial charge in [0.25, 0.3) is 0 Å². The first-order valence-electron chi connectivity index (χ1n) is 9.76. The van der Waals surface area contributed by atoms with Crippen LogP contribution in [-0.2, 0) is 17.8 Å². The van der Waals surface area contributed by atoms with Crippen LogP contribution in [0, 0.1) is 0 Å². The Morgan fingerprint density at radius 3 is 2.66 bits per heavy atom. The van der Waals surface area contributed by atoms with Gasteiger partial charge in [0.1, 0.15) is 5.75 Å². The molecule has 0 fully saturated rings. The number of anilines is 1. The predicted molar refractivity (Wildman–Crippen MR) is 116 cm³/mol. The Balaban J connectivity index is 1.53. The van der Waals surface area contributed by atoms with E-state index >= 15 is 0 Å². The van der Waals surface area contributed by atoms with Gasteiger partial charge in [-0.2, -0.15) is 0 Å². The van der Waals surface area contributed by atoms with Crippen molar-refractivity contribution in [3.8, 4) is 17.1 Å². The summed E-state index contributed by atoms with van der Waals surface area (Å²) in [6, 6.07) is 15.9. The molecule has 29 heavy (non-hydrogen) atoms. The van der Waals surface area contributed by atoms with E-state index in [2.05, 4.69) is 23.2 Å². The van der Waals surface area contributed by atoms with Crippen LogP contribution in [0.25, 0.3) is 11.4 Å². The zero-order chi connectivity index (χ0) is 20.4. The summed E-state index contributed by atoms with van der Waals surface area (Å²) >= 11 is 1.46. The van der Waals surface area contributed by atoms with Gasteiger partial charge in [-0.15, -0.1) is 10.2 Å². The average Bonchev–Trinajstić information content (AvgIpc) is 3.37. The minimum Gasteiger partial charge on any atom is -0.497 e. The van der Waals surface area contributed by atoms with E-state index in [0.717, 1.165) is 47.5 Å². The lowest BCUT2D eigenvalue weighted by Gasteiger charge is -2.21. The Morgan fingerprint density at radius 1 is 1.17 bits per heavy atom. The summed E-state index contributed by atoms with van der Waals surface area (Å²) in [5, 5.41) is 9.26. The van der Waals surface area contributed by atoms with Gasteiger partial charge >= 0.3 is 0 Å². The monoisotopic (exact) mass is 408 g/mol. The van der Waals surface area contributed by atoms with E-state index in [9.17, 15) is 4.79 Å². The Morgan fingerprint density at radius 2 is 1.93 bits per heavy atom. The first-order valence-corrected chi connectivity index (χ1v) is 10.6. The Kier molecular flexibility index (Phi) is 5.58. The van der Waals surface area contributed by atoms with Crippen LogP contribution in [0.2, 0.25) is 0 Å². The molecule has 2 heterocycles. The number of methoxy groups -OCH3 is 1. The molecule has 0 aliphatic carbocycles. The highest BCUT2D eigenvalue weighted by atomic mass is 32.2. The average molecular weight is 409 g/mol. The van der Waals surface area contributed by atoms with E-state index in [1.165, 1.54) is 17.3 Å². The number of hydrogen-bond acceptors (Lipinski definition) is 5. The molecule has 1 aliphatic rings. The Hall–Kier alpha value is -2.80. The number of fused-ring (bicyclic) bond motifs is 1. The van der Waals surface area contributed by atoms with Crippen LogP contribution < -0.4 is 9.64 Å².